The van der Waals surface area contributed by atoms with Crippen LogP contribution in [0.25, 0.3) is 0 Å². The summed E-state index contributed by atoms with van der Waals surface area (Å²) in [5.74, 6) is 0.838. The van der Waals surface area contributed by atoms with Gasteiger partial charge in [0.2, 0.25) is 0 Å². The molecule has 0 aromatic carbocycles. The Morgan fingerprint density at radius 2 is 1.58 bits per heavy atom. The summed E-state index contributed by atoms with van der Waals surface area (Å²) in [5.41, 5.74) is -0.341. The van der Waals surface area contributed by atoms with Crippen LogP contribution in [0.1, 0.15) is 59.8 Å². The van der Waals surface area contributed by atoms with E-state index < -0.39 is 0 Å². The first-order valence-corrected chi connectivity index (χ1v) is 5.24. The molecule has 0 aliphatic heterocycles. The largest absolute Gasteiger partial charge is 0.390 e. The molecule has 0 saturated heterocycles. The van der Waals surface area contributed by atoms with Crippen molar-refractivity contribution < 1.29 is 5.11 Å². The van der Waals surface area contributed by atoms with Gasteiger partial charge in [-0.15, -0.1) is 0 Å². The second-order valence-corrected chi connectivity index (χ2v) is 4.39. The van der Waals surface area contributed by atoms with Crippen molar-refractivity contribution in [1.29, 1.82) is 0 Å². The van der Waals surface area contributed by atoms with Crippen LogP contribution in [0, 0.1) is 5.92 Å². The quantitative estimate of drug-likeness (QED) is 0.594. The van der Waals surface area contributed by atoms with Gasteiger partial charge in [0.25, 0.3) is 0 Å². The molecule has 0 bridgehead atoms. The summed E-state index contributed by atoms with van der Waals surface area (Å²) in [6, 6.07) is 0. The zero-order chi connectivity index (χ0) is 9.61. The first-order chi connectivity index (χ1) is 5.52. The van der Waals surface area contributed by atoms with Crippen molar-refractivity contribution in [1.82, 2.24) is 0 Å². The molecule has 0 heterocycles. The Hall–Kier alpha value is -0.0400. The van der Waals surface area contributed by atoms with E-state index >= 15 is 0 Å². The van der Waals surface area contributed by atoms with Crippen LogP contribution in [0.15, 0.2) is 0 Å². The molecule has 1 N–H and O–H groups in total. The number of rotatable bonds is 0. The van der Waals surface area contributed by atoms with Gasteiger partial charge >= 0.3 is 0 Å². The molecule has 74 valence electrons. The predicted octanol–water partition coefficient (Wildman–Crippen LogP) is 3.36. The van der Waals surface area contributed by atoms with Gasteiger partial charge in [0, 0.05) is 0 Å². The lowest BCUT2D eigenvalue weighted by atomic mass is 9.81. The lowest BCUT2D eigenvalue weighted by molar-refractivity contribution is 0.0104. The van der Waals surface area contributed by atoms with E-state index in [1.807, 2.05) is 6.92 Å². The highest BCUT2D eigenvalue weighted by Gasteiger charge is 2.26. The summed E-state index contributed by atoms with van der Waals surface area (Å²) in [6.07, 6.45) is 5.64. The van der Waals surface area contributed by atoms with Crippen molar-refractivity contribution in [3.63, 3.8) is 0 Å². The highest BCUT2D eigenvalue weighted by atomic mass is 16.3. The van der Waals surface area contributed by atoms with Gasteiger partial charge in [-0.3, -0.25) is 0 Å². The summed E-state index contributed by atoms with van der Waals surface area (Å²) in [7, 11) is 0. The topological polar surface area (TPSA) is 20.2 Å². The average molecular weight is 172 g/mol. The molecule has 1 fully saturated rings. The monoisotopic (exact) mass is 172 g/mol. The summed E-state index contributed by atoms with van der Waals surface area (Å²) < 4.78 is 0. The van der Waals surface area contributed by atoms with Crippen molar-refractivity contribution in [2.24, 2.45) is 5.92 Å². The summed E-state index contributed by atoms with van der Waals surface area (Å²) in [5, 5.41) is 9.49. The molecule has 0 radical (unpaired) electrons. The van der Waals surface area contributed by atoms with Crippen molar-refractivity contribution >= 4 is 0 Å². The van der Waals surface area contributed by atoms with E-state index in [1.165, 1.54) is 19.3 Å². The molecule has 1 aliphatic carbocycles. The lowest BCUT2D eigenvalue weighted by Gasteiger charge is -2.31. The SMILES string of the molecule is CC1CCC(C)(O)CC1.CCC. The first kappa shape index (κ1) is 12.0. The van der Waals surface area contributed by atoms with E-state index in [4.69, 9.17) is 0 Å². The molecule has 1 saturated carbocycles. The number of hydrogen-bond acceptors (Lipinski definition) is 1. The van der Waals surface area contributed by atoms with E-state index in [2.05, 4.69) is 20.8 Å². The van der Waals surface area contributed by atoms with Crippen LogP contribution in [0.5, 0.6) is 0 Å². The highest BCUT2D eigenvalue weighted by Crippen LogP contribution is 2.30. The van der Waals surface area contributed by atoms with Crippen molar-refractivity contribution in [2.45, 2.75) is 65.4 Å². The molecule has 0 aromatic heterocycles. The maximum atomic E-state index is 9.49. The smallest absolute Gasteiger partial charge is 0.0620 e. The minimum Gasteiger partial charge on any atom is -0.390 e. The van der Waals surface area contributed by atoms with Crippen LogP contribution in [0.2, 0.25) is 0 Å². The molecule has 0 aromatic rings. The van der Waals surface area contributed by atoms with Gasteiger partial charge in [-0.05, 0) is 38.5 Å². The Morgan fingerprint density at radius 3 is 1.83 bits per heavy atom. The summed E-state index contributed by atoms with van der Waals surface area (Å²) >= 11 is 0. The van der Waals surface area contributed by atoms with Gasteiger partial charge < -0.3 is 5.11 Å². The van der Waals surface area contributed by atoms with E-state index in [0.717, 1.165) is 18.8 Å². The number of aliphatic hydroxyl groups is 1. The Bertz CT molecular complexity index is 97.6. The van der Waals surface area contributed by atoms with Crippen molar-refractivity contribution in [3.05, 3.63) is 0 Å². The minimum atomic E-state index is -0.341. The van der Waals surface area contributed by atoms with Crippen LogP contribution in [0.4, 0.5) is 0 Å². The zero-order valence-electron chi connectivity index (χ0n) is 9.06. The molecule has 1 heteroatoms. The fraction of sp³-hybridized carbons (Fsp3) is 1.00. The Kier molecular flexibility index (Phi) is 5.56. The van der Waals surface area contributed by atoms with E-state index in [9.17, 15) is 5.11 Å². The minimum absolute atomic E-state index is 0.341. The maximum Gasteiger partial charge on any atom is 0.0620 e. The lowest BCUT2D eigenvalue weighted by Crippen LogP contribution is -2.29. The molecule has 0 atom stereocenters. The van der Waals surface area contributed by atoms with Crippen molar-refractivity contribution in [3.8, 4) is 0 Å². The molecule has 1 aliphatic rings. The second kappa shape index (κ2) is 5.58. The summed E-state index contributed by atoms with van der Waals surface area (Å²) in [6.45, 7) is 8.45. The van der Waals surface area contributed by atoms with Gasteiger partial charge in [0.05, 0.1) is 5.60 Å². The van der Waals surface area contributed by atoms with Crippen LogP contribution < -0.4 is 0 Å². The van der Waals surface area contributed by atoms with Gasteiger partial charge in [-0.25, -0.2) is 0 Å². The molecule has 12 heavy (non-hydrogen) atoms. The van der Waals surface area contributed by atoms with Crippen LogP contribution in [-0.2, 0) is 0 Å². The van der Waals surface area contributed by atoms with Crippen LogP contribution in [0.3, 0.4) is 0 Å². The van der Waals surface area contributed by atoms with Crippen molar-refractivity contribution in [2.75, 3.05) is 0 Å². The highest BCUT2D eigenvalue weighted by molar-refractivity contribution is 4.79. The van der Waals surface area contributed by atoms with Gasteiger partial charge in [-0.1, -0.05) is 27.2 Å². The predicted molar refractivity (Wildman–Crippen MR) is 54.2 cm³/mol. The third-order valence-corrected chi connectivity index (χ3v) is 2.35. The van der Waals surface area contributed by atoms with E-state index in [-0.39, 0.29) is 5.60 Å². The molecule has 0 spiro atoms. The number of hydrogen-bond donors (Lipinski definition) is 1. The summed E-state index contributed by atoms with van der Waals surface area (Å²) in [4.78, 5) is 0. The second-order valence-electron chi connectivity index (χ2n) is 4.39. The van der Waals surface area contributed by atoms with Crippen LogP contribution >= 0.6 is 0 Å². The van der Waals surface area contributed by atoms with Gasteiger partial charge in [-0.2, -0.15) is 0 Å². The Morgan fingerprint density at radius 1 is 1.25 bits per heavy atom. The fourth-order valence-corrected chi connectivity index (χ4v) is 1.38. The molecule has 0 amide bonds. The third-order valence-electron chi connectivity index (χ3n) is 2.35. The first-order valence-electron chi connectivity index (χ1n) is 5.24. The molecule has 1 nitrogen and oxygen atoms in total. The zero-order valence-corrected chi connectivity index (χ0v) is 9.06. The molecular weight excluding hydrogens is 148 g/mol. The average Bonchev–Trinajstić information content (AvgIpc) is 1.98. The third kappa shape index (κ3) is 5.59. The van der Waals surface area contributed by atoms with Gasteiger partial charge in [0.15, 0.2) is 0 Å². The Labute approximate surface area is 77.2 Å². The van der Waals surface area contributed by atoms with Crippen LogP contribution in [-0.4, -0.2) is 10.7 Å². The molecular formula is C11H24O. The van der Waals surface area contributed by atoms with Gasteiger partial charge in [0.1, 0.15) is 0 Å². The standard InChI is InChI=1S/C8H16O.C3H8/c1-7-3-5-8(2,9)6-4-7;1-3-2/h7,9H,3-6H2,1-2H3;3H2,1-2H3. The fourth-order valence-electron chi connectivity index (χ4n) is 1.38. The normalized spacial score (nSPS) is 35.2. The van der Waals surface area contributed by atoms with E-state index in [0.29, 0.717) is 0 Å². The molecule has 1 rings (SSSR count). The molecule has 0 unspecified atom stereocenters. The maximum absolute atomic E-state index is 9.49. The Balaban J connectivity index is 0.000000354. The van der Waals surface area contributed by atoms with E-state index in [1.54, 1.807) is 0 Å².